The molecule has 3 atom stereocenters. The molecule has 4 nitrogen and oxygen atoms in total. The van der Waals surface area contributed by atoms with Crippen molar-refractivity contribution in [3.05, 3.63) is 24.1 Å². The number of hydrogen-bond donors (Lipinski definition) is 1. The Hall–Kier alpha value is -1.55. The van der Waals surface area contributed by atoms with E-state index in [0.717, 1.165) is 35.1 Å². The molecule has 0 radical (unpaired) electrons. The zero-order valence-corrected chi connectivity index (χ0v) is 11.8. The third kappa shape index (κ3) is 1.99. The lowest BCUT2D eigenvalue weighted by Crippen LogP contribution is -2.30. The standard InChI is InChI=1S/C16H20N2O2/c1-19-11-6-7-15-13(9-11)18-16(20-15)14-8-10-4-2-3-5-12(10)17-14/h6-7,9-10,12,14,17H,2-5,8H2,1H3. The quantitative estimate of drug-likeness (QED) is 0.910. The topological polar surface area (TPSA) is 47.3 Å². The molecule has 2 heterocycles. The van der Waals surface area contributed by atoms with E-state index in [0.29, 0.717) is 6.04 Å². The van der Waals surface area contributed by atoms with Gasteiger partial charge in [0.15, 0.2) is 5.58 Å². The lowest BCUT2D eigenvalue weighted by molar-refractivity contribution is 0.325. The Morgan fingerprint density at radius 2 is 2.20 bits per heavy atom. The number of aromatic nitrogens is 1. The molecule has 106 valence electrons. The molecule has 20 heavy (non-hydrogen) atoms. The Balaban J connectivity index is 1.62. The minimum Gasteiger partial charge on any atom is -0.497 e. The summed E-state index contributed by atoms with van der Waals surface area (Å²) in [6.07, 6.45) is 6.54. The van der Waals surface area contributed by atoms with Crippen LogP contribution >= 0.6 is 0 Å². The van der Waals surface area contributed by atoms with Crippen LogP contribution in [-0.4, -0.2) is 18.1 Å². The maximum absolute atomic E-state index is 5.93. The van der Waals surface area contributed by atoms with Crippen LogP contribution in [0.1, 0.15) is 44.0 Å². The summed E-state index contributed by atoms with van der Waals surface area (Å²) in [6.45, 7) is 0. The van der Waals surface area contributed by atoms with Crippen molar-refractivity contribution in [2.45, 2.75) is 44.2 Å². The Kier molecular flexibility index (Phi) is 2.91. The van der Waals surface area contributed by atoms with Crippen LogP contribution < -0.4 is 10.1 Å². The average Bonchev–Trinajstić information content (AvgIpc) is 3.09. The number of nitrogens with zero attached hydrogens (tertiary/aromatic N) is 1. The fourth-order valence-electron chi connectivity index (χ4n) is 3.71. The number of benzene rings is 1. The first kappa shape index (κ1) is 12.2. The normalized spacial score (nSPS) is 29.6. The van der Waals surface area contributed by atoms with Gasteiger partial charge in [0.05, 0.1) is 13.2 Å². The first-order valence-electron chi connectivity index (χ1n) is 7.54. The molecule has 1 saturated carbocycles. The van der Waals surface area contributed by atoms with E-state index < -0.39 is 0 Å². The first-order chi connectivity index (χ1) is 9.83. The second-order valence-corrected chi connectivity index (χ2v) is 5.99. The number of methoxy groups -OCH3 is 1. The van der Waals surface area contributed by atoms with E-state index in [-0.39, 0.29) is 6.04 Å². The van der Waals surface area contributed by atoms with Gasteiger partial charge >= 0.3 is 0 Å². The number of rotatable bonds is 2. The van der Waals surface area contributed by atoms with Crippen LogP contribution in [0, 0.1) is 5.92 Å². The van der Waals surface area contributed by atoms with E-state index in [2.05, 4.69) is 10.3 Å². The van der Waals surface area contributed by atoms with E-state index in [4.69, 9.17) is 9.15 Å². The molecule has 4 heteroatoms. The number of hydrogen-bond acceptors (Lipinski definition) is 4. The van der Waals surface area contributed by atoms with Crippen LogP contribution in [0.15, 0.2) is 22.6 Å². The minimum atomic E-state index is 0.279. The van der Waals surface area contributed by atoms with Gasteiger partial charge in [0.2, 0.25) is 5.89 Å². The fourth-order valence-corrected chi connectivity index (χ4v) is 3.71. The highest BCUT2D eigenvalue weighted by molar-refractivity contribution is 5.74. The molecular formula is C16H20N2O2. The summed E-state index contributed by atoms with van der Waals surface area (Å²) in [5, 5.41) is 3.71. The van der Waals surface area contributed by atoms with Gasteiger partial charge in [0, 0.05) is 12.1 Å². The van der Waals surface area contributed by atoms with Crippen molar-refractivity contribution in [1.29, 1.82) is 0 Å². The molecule has 0 amide bonds. The van der Waals surface area contributed by atoms with Crippen LogP contribution in [0.2, 0.25) is 0 Å². The van der Waals surface area contributed by atoms with E-state index in [9.17, 15) is 0 Å². The summed E-state index contributed by atoms with van der Waals surface area (Å²) in [5.41, 5.74) is 1.73. The van der Waals surface area contributed by atoms with Crippen LogP contribution in [0.25, 0.3) is 11.1 Å². The zero-order valence-electron chi connectivity index (χ0n) is 11.8. The van der Waals surface area contributed by atoms with Crippen LogP contribution in [0.4, 0.5) is 0 Å². The third-order valence-corrected chi connectivity index (χ3v) is 4.77. The molecule has 0 spiro atoms. The molecule has 3 unspecified atom stereocenters. The monoisotopic (exact) mass is 272 g/mol. The molecule has 1 aliphatic carbocycles. The van der Waals surface area contributed by atoms with E-state index in [1.807, 2.05) is 18.2 Å². The number of oxazole rings is 1. The van der Waals surface area contributed by atoms with Crippen LogP contribution in [0.3, 0.4) is 0 Å². The van der Waals surface area contributed by atoms with Gasteiger partial charge in [-0.2, -0.15) is 0 Å². The highest BCUT2D eigenvalue weighted by Gasteiger charge is 2.37. The Morgan fingerprint density at radius 1 is 1.30 bits per heavy atom. The van der Waals surface area contributed by atoms with Crippen LogP contribution in [-0.2, 0) is 0 Å². The van der Waals surface area contributed by atoms with E-state index >= 15 is 0 Å². The minimum absolute atomic E-state index is 0.279. The third-order valence-electron chi connectivity index (χ3n) is 4.77. The molecule has 2 aliphatic rings. The molecule has 1 saturated heterocycles. The lowest BCUT2D eigenvalue weighted by Gasteiger charge is -2.24. The summed E-state index contributed by atoms with van der Waals surface area (Å²) >= 11 is 0. The lowest BCUT2D eigenvalue weighted by atomic mass is 9.85. The van der Waals surface area contributed by atoms with Gasteiger partial charge in [0.1, 0.15) is 11.3 Å². The number of ether oxygens (including phenoxy) is 1. The molecule has 0 bridgehead atoms. The van der Waals surface area contributed by atoms with E-state index in [1.54, 1.807) is 7.11 Å². The van der Waals surface area contributed by atoms with Gasteiger partial charge in [-0.25, -0.2) is 4.98 Å². The van der Waals surface area contributed by atoms with Gasteiger partial charge in [0.25, 0.3) is 0 Å². The zero-order chi connectivity index (χ0) is 13.5. The molecule has 2 fully saturated rings. The molecule has 1 N–H and O–H groups in total. The van der Waals surface area contributed by atoms with Gasteiger partial charge in [-0.3, -0.25) is 0 Å². The predicted molar refractivity (Wildman–Crippen MR) is 76.8 cm³/mol. The fraction of sp³-hybridized carbons (Fsp3) is 0.562. The number of nitrogens with one attached hydrogen (secondary N) is 1. The van der Waals surface area contributed by atoms with Crippen molar-refractivity contribution >= 4 is 11.1 Å². The summed E-state index contributed by atoms with van der Waals surface area (Å²) in [4.78, 5) is 4.65. The molecule has 1 aromatic carbocycles. The van der Waals surface area contributed by atoms with Crippen molar-refractivity contribution in [1.82, 2.24) is 10.3 Å². The van der Waals surface area contributed by atoms with Crippen molar-refractivity contribution in [3.8, 4) is 5.75 Å². The van der Waals surface area contributed by atoms with Crippen molar-refractivity contribution < 1.29 is 9.15 Å². The molecule has 2 aromatic rings. The summed E-state index contributed by atoms with van der Waals surface area (Å²) in [6, 6.07) is 6.73. The summed E-state index contributed by atoms with van der Waals surface area (Å²) < 4.78 is 11.2. The summed E-state index contributed by atoms with van der Waals surface area (Å²) in [7, 11) is 1.67. The maximum Gasteiger partial charge on any atom is 0.212 e. The molecular weight excluding hydrogens is 252 g/mol. The highest BCUT2D eigenvalue weighted by atomic mass is 16.5. The van der Waals surface area contributed by atoms with Gasteiger partial charge < -0.3 is 14.5 Å². The SMILES string of the molecule is COc1ccc2oc(C3CC4CCCCC4N3)nc2c1. The van der Waals surface area contributed by atoms with Crippen molar-refractivity contribution in [2.24, 2.45) is 5.92 Å². The largest absolute Gasteiger partial charge is 0.497 e. The Morgan fingerprint density at radius 3 is 3.05 bits per heavy atom. The van der Waals surface area contributed by atoms with Crippen molar-refractivity contribution in [2.75, 3.05) is 7.11 Å². The van der Waals surface area contributed by atoms with Crippen molar-refractivity contribution in [3.63, 3.8) is 0 Å². The molecule has 1 aliphatic heterocycles. The smallest absolute Gasteiger partial charge is 0.212 e. The van der Waals surface area contributed by atoms with Crippen LogP contribution in [0.5, 0.6) is 5.75 Å². The van der Waals surface area contributed by atoms with Gasteiger partial charge in [-0.1, -0.05) is 12.8 Å². The maximum atomic E-state index is 5.93. The highest BCUT2D eigenvalue weighted by Crippen LogP contribution is 2.39. The van der Waals surface area contributed by atoms with Gasteiger partial charge in [-0.05, 0) is 37.3 Å². The Bertz CT molecular complexity index is 608. The molecule has 4 rings (SSSR count). The average molecular weight is 272 g/mol. The number of fused-ring (bicyclic) bond motifs is 2. The van der Waals surface area contributed by atoms with Gasteiger partial charge in [-0.15, -0.1) is 0 Å². The Labute approximate surface area is 118 Å². The summed E-state index contributed by atoms with van der Waals surface area (Å²) in [5.74, 6) is 2.46. The van der Waals surface area contributed by atoms with E-state index in [1.165, 1.54) is 25.7 Å². The second kappa shape index (κ2) is 4.77. The predicted octanol–water partition coefficient (Wildman–Crippen LogP) is 3.43. The molecule has 1 aromatic heterocycles. The second-order valence-electron chi connectivity index (χ2n) is 5.99. The first-order valence-corrected chi connectivity index (χ1v) is 7.54.